The summed E-state index contributed by atoms with van der Waals surface area (Å²) in [5.41, 5.74) is 8.08. The van der Waals surface area contributed by atoms with E-state index < -0.39 is 0 Å². The van der Waals surface area contributed by atoms with Gasteiger partial charge in [-0.1, -0.05) is 24.1 Å². The zero-order valence-corrected chi connectivity index (χ0v) is 11.3. The van der Waals surface area contributed by atoms with Gasteiger partial charge in [-0.2, -0.15) is 0 Å². The molecule has 1 aromatic rings. The molecule has 2 rings (SSSR count). The Balaban J connectivity index is 1.82. The fourth-order valence-electron chi connectivity index (χ4n) is 2.48. The summed E-state index contributed by atoms with van der Waals surface area (Å²) in [7, 11) is 0. The highest BCUT2D eigenvalue weighted by Crippen LogP contribution is 2.19. The number of likely N-dealkylation sites (tertiary alicyclic amines) is 1. The van der Waals surface area contributed by atoms with Gasteiger partial charge in [-0.25, -0.2) is 0 Å². The van der Waals surface area contributed by atoms with Gasteiger partial charge in [-0.05, 0) is 38.9 Å². The van der Waals surface area contributed by atoms with E-state index in [1.54, 1.807) is 0 Å². The van der Waals surface area contributed by atoms with E-state index in [0.717, 1.165) is 24.5 Å². The predicted molar refractivity (Wildman–Crippen MR) is 74.9 cm³/mol. The highest BCUT2D eigenvalue weighted by Gasteiger charge is 2.10. The van der Waals surface area contributed by atoms with Crippen molar-refractivity contribution in [2.45, 2.75) is 32.7 Å². The van der Waals surface area contributed by atoms with E-state index in [4.69, 9.17) is 10.5 Å². The first kappa shape index (κ1) is 13.4. The molecule has 1 heterocycles. The number of hydrogen-bond donors (Lipinski definition) is 1. The summed E-state index contributed by atoms with van der Waals surface area (Å²) in [6.07, 6.45) is 4.05. The van der Waals surface area contributed by atoms with Crippen LogP contribution in [-0.4, -0.2) is 31.1 Å². The number of ether oxygens (including phenoxy) is 1. The highest BCUT2D eigenvalue weighted by atomic mass is 16.5. The predicted octanol–water partition coefficient (Wildman–Crippen LogP) is 2.32. The SMILES string of the molecule is Cc1ccc(OCCN2CCCCC2)c(CN)c1. The number of benzene rings is 1. The van der Waals surface area contributed by atoms with Crippen LogP contribution >= 0.6 is 0 Å². The first-order valence-corrected chi connectivity index (χ1v) is 6.94. The number of nitrogens with zero attached hydrogens (tertiary/aromatic N) is 1. The van der Waals surface area contributed by atoms with Gasteiger partial charge < -0.3 is 10.5 Å². The number of nitrogens with two attached hydrogens (primary N) is 1. The molecular formula is C15H24N2O. The monoisotopic (exact) mass is 248 g/mol. The molecule has 2 N–H and O–H groups in total. The Labute approximate surface area is 110 Å². The van der Waals surface area contributed by atoms with Crippen LogP contribution in [0.25, 0.3) is 0 Å². The molecule has 100 valence electrons. The fourth-order valence-corrected chi connectivity index (χ4v) is 2.48. The molecule has 0 spiro atoms. The molecule has 1 fully saturated rings. The van der Waals surface area contributed by atoms with Gasteiger partial charge in [0.25, 0.3) is 0 Å². The molecule has 1 aromatic carbocycles. The maximum absolute atomic E-state index is 5.86. The smallest absolute Gasteiger partial charge is 0.123 e. The van der Waals surface area contributed by atoms with Gasteiger partial charge >= 0.3 is 0 Å². The first-order valence-electron chi connectivity index (χ1n) is 6.94. The van der Waals surface area contributed by atoms with Gasteiger partial charge in [-0.3, -0.25) is 4.90 Å². The van der Waals surface area contributed by atoms with E-state index >= 15 is 0 Å². The molecule has 3 heteroatoms. The average molecular weight is 248 g/mol. The molecule has 0 unspecified atom stereocenters. The van der Waals surface area contributed by atoms with Gasteiger partial charge in [-0.15, -0.1) is 0 Å². The number of aryl methyl sites for hydroxylation is 1. The van der Waals surface area contributed by atoms with Crippen LogP contribution in [0, 0.1) is 6.92 Å². The van der Waals surface area contributed by atoms with Gasteiger partial charge in [0, 0.05) is 18.7 Å². The van der Waals surface area contributed by atoms with E-state index in [-0.39, 0.29) is 0 Å². The van der Waals surface area contributed by atoms with Gasteiger partial charge in [0.1, 0.15) is 12.4 Å². The summed E-state index contributed by atoms with van der Waals surface area (Å²) in [5.74, 6) is 0.945. The zero-order chi connectivity index (χ0) is 12.8. The first-order chi connectivity index (χ1) is 8.79. The van der Waals surface area contributed by atoms with Crippen molar-refractivity contribution in [1.29, 1.82) is 0 Å². The standard InChI is InChI=1S/C15H24N2O/c1-13-5-6-15(14(11-13)12-16)18-10-9-17-7-3-2-4-8-17/h5-6,11H,2-4,7-10,12,16H2,1H3. The second-order valence-corrected chi connectivity index (χ2v) is 5.07. The molecule has 0 aromatic heterocycles. The number of piperidine rings is 1. The molecule has 0 amide bonds. The Morgan fingerprint density at radius 2 is 2.00 bits per heavy atom. The molecular weight excluding hydrogens is 224 g/mol. The third-order valence-electron chi connectivity index (χ3n) is 3.55. The van der Waals surface area contributed by atoms with Crippen molar-refractivity contribution in [3.05, 3.63) is 29.3 Å². The van der Waals surface area contributed by atoms with Crippen LogP contribution in [0.3, 0.4) is 0 Å². The summed E-state index contributed by atoms with van der Waals surface area (Å²) >= 11 is 0. The molecule has 1 saturated heterocycles. The van der Waals surface area contributed by atoms with Crippen LogP contribution in [0.2, 0.25) is 0 Å². The van der Waals surface area contributed by atoms with Gasteiger partial charge in [0.2, 0.25) is 0 Å². The molecule has 0 bridgehead atoms. The lowest BCUT2D eigenvalue weighted by molar-refractivity contribution is 0.183. The third kappa shape index (κ3) is 3.72. The fraction of sp³-hybridized carbons (Fsp3) is 0.600. The summed E-state index contributed by atoms with van der Waals surface area (Å²) in [4.78, 5) is 2.49. The van der Waals surface area contributed by atoms with Gasteiger partial charge in [0.05, 0.1) is 0 Å². The molecule has 0 atom stereocenters. The van der Waals surface area contributed by atoms with Gasteiger partial charge in [0.15, 0.2) is 0 Å². The molecule has 3 nitrogen and oxygen atoms in total. The zero-order valence-electron chi connectivity index (χ0n) is 11.3. The van der Waals surface area contributed by atoms with E-state index in [9.17, 15) is 0 Å². The van der Waals surface area contributed by atoms with Crippen LogP contribution in [0.5, 0.6) is 5.75 Å². The quantitative estimate of drug-likeness (QED) is 0.869. The van der Waals surface area contributed by atoms with Crippen molar-refractivity contribution < 1.29 is 4.74 Å². The normalized spacial score (nSPS) is 16.8. The minimum atomic E-state index is 0.542. The van der Waals surface area contributed by atoms with Crippen LogP contribution in [0.1, 0.15) is 30.4 Å². The summed E-state index contributed by atoms with van der Waals surface area (Å²) < 4.78 is 5.86. The Bertz CT molecular complexity index is 373. The second-order valence-electron chi connectivity index (χ2n) is 5.07. The van der Waals surface area contributed by atoms with E-state index in [1.165, 1.54) is 37.9 Å². The lowest BCUT2D eigenvalue weighted by atomic mass is 10.1. The van der Waals surface area contributed by atoms with Crippen LogP contribution in [0.4, 0.5) is 0 Å². The van der Waals surface area contributed by atoms with Crippen molar-refractivity contribution in [2.24, 2.45) is 5.73 Å². The lowest BCUT2D eigenvalue weighted by Gasteiger charge is -2.26. The van der Waals surface area contributed by atoms with Crippen molar-refractivity contribution in [2.75, 3.05) is 26.2 Å². The highest BCUT2D eigenvalue weighted by molar-refractivity contribution is 5.36. The minimum Gasteiger partial charge on any atom is -0.492 e. The molecule has 18 heavy (non-hydrogen) atoms. The topological polar surface area (TPSA) is 38.5 Å². The number of rotatable bonds is 5. The Hall–Kier alpha value is -1.06. The molecule has 0 saturated carbocycles. The Kier molecular flexibility index (Phi) is 5.02. The minimum absolute atomic E-state index is 0.542. The van der Waals surface area contributed by atoms with Crippen molar-refractivity contribution in [1.82, 2.24) is 4.90 Å². The van der Waals surface area contributed by atoms with Crippen molar-refractivity contribution >= 4 is 0 Å². The van der Waals surface area contributed by atoms with Crippen LogP contribution in [0.15, 0.2) is 18.2 Å². The second kappa shape index (κ2) is 6.76. The summed E-state index contributed by atoms with van der Waals surface area (Å²) in [6.45, 7) is 6.85. The molecule has 1 aliphatic rings. The van der Waals surface area contributed by atoms with Crippen LogP contribution < -0.4 is 10.5 Å². The maximum atomic E-state index is 5.86. The molecule has 0 aliphatic carbocycles. The van der Waals surface area contributed by atoms with Crippen molar-refractivity contribution in [3.8, 4) is 5.75 Å². The van der Waals surface area contributed by atoms with Crippen molar-refractivity contribution in [3.63, 3.8) is 0 Å². The average Bonchev–Trinajstić information content (AvgIpc) is 2.41. The largest absolute Gasteiger partial charge is 0.492 e. The number of hydrogen-bond acceptors (Lipinski definition) is 3. The molecule has 0 radical (unpaired) electrons. The third-order valence-corrected chi connectivity index (χ3v) is 3.55. The Morgan fingerprint density at radius 1 is 1.22 bits per heavy atom. The van der Waals surface area contributed by atoms with E-state index in [2.05, 4.69) is 24.0 Å². The Morgan fingerprint density at radius 3 is 2.72 bits per heavy atom. The van der Waals surface area contributed by atoms with E-state index in [0.29, 0.717) is 6.54 Å². The van der Waals surface area contributed by atoms with E-state index in [1.807, 2.05) is 6.07 Å². The molecule has 1 aliphatic heterocycles. The van der Waals surface area contributed by atoms with Crippen LogP contribution in [-0.2, 0) is 6.54 Å². The lowest BCUT2D eigenvalue weighted by Crippen LogP contribution is -2.33. The summed E-state index contributed by atoms with van der Waals surface area (Å²) in [5, 5.41) is 0. The summed E-state index contributed by atoms with van der Waals surface area (Å²) in [6, 6.07) is 6.22. The maximum Gasteiger partial charge on any atom is 0.123 e.